The van der Waals surface area contributed by atoms with Crippen LogP contribution in [0.3, 0.4) is 0 Å². The van der Waals surface area contributed by atoms with Gasteiger partial charge < -0.3 is 5.32 Å². The fourth-order valence-electron chi connectivity index (χ4n) is 2.27. The number of hydrogen-bond donors (Lipinski definition) is 1. The summed E-state index contributed by atoms with van der Waals surface area (Å²) >= 11 is 0. The molecule has 76 valence electrons. The number of piperidine rings is 1. The van der Waals surface area contributed by atoms with Crippen molar-refractivity contribution in [2.45, 2.75) is 32.7 Å². The highest BCUT2D eigenvalue weighted by atomic mass is 14.9. The molecule has 0 aromatic heterocycles. The zero-order chi connectivity index (χ0) is 9.97. The zero-order valence-corrected chi connectivity index (χ0v) is 9.09. The molecule has 1 saturated heterocycles. The lowest BCUT2D eigenvalue weighted by molar-refractivity contribution is 0.306. The average molecular weight is 189 g/mol. The smallest absolute Gasteiger partial charge is 0.0346 e. The summed E-state index contributed by atoms with van der Waals surface area (Å²) in [5.74, 6) is 0.770. The van der Waals surface area contributed by atoms with E-state index in [1.54, 1.807) is 0 Å². The van der Waals surface area contributed by atoms with Gasteiger partial charge in [0.05, 0.1) is 0 Å². The maximum absolute atomic E-state index is 3.60. The van der Waals surface area contributed by atoms with Gasteiger partial charge in [-0.3, -0.25) is 0 Å². The van der Waals surface area contributed by atoms with E-state index in [2.05, 4.69) is 43.4 Å². The summed E-state index contributed by atoms with van der Waals surface area (Å²) in [4.78, 5) is 0. The quantitative estimate of drug-likeness (QED) is 0.716. The van der Waals surface area contributed by atoms with Crippen molar-refractivity contribution < 1.29 is 0 Å². The third-order valence-electron chi connectivity index (χ3n) is 3.21. The summed E-state index contributed by atoms with van der Waals surface area (Å²) in [7, 11) is 0. The molecule has 0 spiro atoms. The second kappa shape index (κ2) is 4.14. The van der Waals surface area contributed by atoms with E-state index in [-0.39, 0.29) is 0 Å². The first kappa shape index (κ1) is 9.72. The topological polar surface area (TPSA) is 12.0 Å². The van der Waals surface area contributed by atoms with Crippen LogP contribution in [0.4, 0.5) is 0 Å². The van der Waals surface area contributed by atoms with E-state index in [9.17, 15) is 0 Å². The summed E-state index contributed by atoms with van der Waals surface area (Å²) in [6.45, 7) is 5.65. The van der Waals surface area contributed by atoms with E-state index in [0.29, 0.717) is 6.04 Å². The van der Waals surface area contributed by atoms with Crippen molar-refractivity contribution in [1.82, 2.24) is 5.32 Å². The molecule has 1 aliphatic rings. The third-order valence-corrected chi connectivity index (χ3v) is 3.21. The molecule has 1 heterocycles. The van der Waals surface area contributed by atoms with E-state index in [0.717, 1.165) is 5.92 Å². The summed E-state index contributed by atoms with van der Waals surface area (Å²) < 4.78 is 0. The number of nitrogens with one attached hydrogen (secondary N) is 1. The van der Waals surface area contributed by atoms with E-state index >= 15 is 0 Å². The van der Waals surface area contributed by atoms with Crippen LogP contribution in [-0.2, 0) is 0 Å². The number of hydrogen-bond acceptors (Lipinski definition) is 1. The Morgan fingerprint density at radius 1 is 1.21 bits per heavy atom. The second-order valence-electron chi connectivity index (χ2n) is 4.46. The molecule has 0 unspecified atom stereocenters. The number of aryl methyl sites for hydroxylation is 1. The van der Waals surface area contributed by atoms with E-state index in [4.69, 9.17) is 0 Å². The van der Waals surface area contributed by atoms with E-state index in [1.807, 2.05) is 0 Å². The van der Waals surface area contributed by atoms with Crippen LogP contribution in [-0.4, -0.2) is 6.54 Å². The van der Waals surface area contributed by atoms with Crippen LogP contribution < -0.4 is 5.32 Å². The average Bonchev–Trinajstić information content (AvgIpc) is 2.20. The first-order valence-electron chi connectivity index (χ1n) is 5.57. The SMILES string of the molecule is Cc1ccc([C@H]2NCCC[C@H]2C)cc1. The highest BCUT2D eigenvalue weighted by molar-refractivity contribution is 5.24. The van der Waals surface area contributed by atoms with Crippen LogP contribution in [0.2, 0.25) is 0 Å². The molecule has 0 bridgehead atoms. The Kier molecular flexibility index (Phi) is 2.87. The molecule has 1 heteroatoms. The van der Waals surface area contributed by atoms with Crippen molar-refractivity contribution in [2.75, 3.05) is 6.54 Å². The fourth-order valence-corrected chi connectivity index (χ4v) is 2.27. The molecule has 1 aromatic carbocycles. The van der Waals surface area contributed by atoms with Gasteiger partial charge in [0.25, 0.3) is 0 Å². The predicted molar refractivity (Wildman–Crippen MR) is 60.3 cm³/mol. The largest absolute Gasteiger partial charge is 0.310 e. The minimum atomic E-state index is 0.573. The molecule has 1 nitrogen and oxygen atoms in total. The number of rotatable bonds is 1. The fraction of sp³-hybridized carbons (Fsp3) is 0.538. The second-order valence-corrected chi connectivity index (χ2v) is 4.46. The van der Waals surface area contributed by atoms with Gasteiger partial charge in [-0.2, -0.15) is 0 Å². The Balaban J connectivity index is 2.16. The lowest BCUT2D eigenvalue weighted by atomic mass is 9.87. The lowest BCUT2D eigenvalue weighted by Gasteiger charge is -2.30. The van der Waals surface area contributed by atoms with Crippen LogP contribution in [0.1, 0.15) is 36.9 Å². The molecule has 2 atom stereocenters. The molecule has 0 amide bonds. The van der Waals surface area contributed by atoms with Crippen molar-refractivity contribution in [3.05, 3.63) is 35.4 Å². The number of benzene rings is 1. The Bertz CT molecular complexity index is 289. The van der Waals surface area contributed by atoms with Crippen LogP contribution in [0.25, 0.3) is 0 Å². The van der Waals surface area contributed by atoms with Gasteiger partial charge >= 0.3 is 0 Å². The first-order chi connectivity index (χ1) is 6.77. The predicted octanol–water partition coefficient (Wildman–Crippen LogP) is 3.06. The lowest BCUT2D eigenvalue weighted by Crippen LogP contribution is -2.32. The molecular formula is C13H19N. The molecular weight excluding hydrogens is 170 g/mol. The molecule has 1 aromatic rings. The van der Waals surface area contributed by atoms with Crippen LogP contribution in [0.15, 0.2) is 24.3 Å². The minimum absolute atomic E-state index is 0.573. The van der Waals surface area contributed by atoms with Gasteiger partial charge in [-0.1, -0.05) is 36.8 Å². The molecule has 14 heavy (non-hydrogen) atoms. The van der Waals surface area contributed by atoms with Crippen molar-refractivity contribution in [2.24, 2.45) is 5.92 Å². The molecule has 0 saturated carbocycles. The van der Waals surface area contributed by atoms with Gasteiger partial charge in [-0.25, -0.2) is 0 Å². The summed E-state index contributed by atoms with van der Waals surface area (Å²) in [5.41, 5.74) is 2.79. The molecule has 1 N–H and O–H groups in total. The monoisotopic (exact) mass is 189 g/mol. The molecule has 0 radical (unpaired) electrons. The Hall–Kier alpha value is -0.820. The standard InChI is InChI=1S/C13H19N/c1-10-5-7-12(8-6-10)13-11(2)4-3-9-14-13/h5-8,11,13-14H,3-4,9H2,1-2H3/t11-,13+/m1/s1. The molecule has 1 fully saturated rings. The van der Waals surface area contributed by atoms with Crippen LogP contribution in [0.5, 0.6) is 0 Å². The van der Waals surface area contributed by atoms with Crippen LogP contribution in [0, 0.1) is 12.8 Å². The summed E-state index contributed by atoms with van der Waals surface area (Å²) in [6.07, 6.45) is 2.68. The Morgan fingerprint density at radius 3 is 2.57 bits per heavy atom. The highest BCUT2D eigenvalue weighted by Crippen LogP contribution is 2.28. The Labute approximate surface area is 86.5 Å². The van der Waals surface area contributed by atoms with Gasteiger partial charge in [0.1, 0.15) is 0 Å². The Morgan fingerprint density at radius 2 is 1.93 bits per heavy atom. The highest BCUT2D eigenvalue weighted by Gasteiger charge is 2.21. The van der Waals surface area contributed by atoms with Gasteiger partial charge in [-0.15, -0.1) is 0 Å². The summed E-state index contributed by atoms with van der Waals surface area (Å²) in [6, 6.07) is 9.50. The van der Waals surface area contributed by atoms with E-state index < -0.39 is 0 Å². The zero-order valence-electron chi connectivity index (χ0n) is 9.09. The minimum Gasteiger partial charge on any atom is -0.310 e. The van der Waals surface area contributed by atoms with Crippen LogP contribution >= 0.6 is 0 Å². The normalized spacial score (nSPS) is 27.6. The van der Waals surface area contributed by atoms with Gasteiger partial charge in [0.2, 0.25) is 0 Å². The first-order valence-corrected chi connectivity index (χ1v) is 5.57. The molecule has 1 aliphatic heterocycles. The van der Waals surface area contributed by atoms with E-state index in [1.165, 1.54) is 30.5 Å². The molecule has 2 rings (SSSR count). The van der Waals surface area contributed by atoms with Gasteiger partial charge in [-0.05, 0) is 37.8 Å². The third kappa shape index (κ3) is 1.98. The summed E-state index contributed by atoms with van der Waals surface area (Å²) in [5, 5.41) is 3.60. The van der Waals surface area contributed by atoms with Crippen molar-refractivity contribution in [3.8, 4) is 0 Å². The molecule has 0 aliphatic carbocycles. The maximum Gasteiger partial charge on any atom is 0.0346 e. The van der Waals surface area contributed by atoms with Crippen molar-refractivity contribution in [3.63, 3.8) is 0 Å². The van der Waals surface area contributed by atoms with Crippen molar-refractivity contribution in [1.29, 1.82) is 0 Å². The van der Waals surface area contributed by atoms with Crippen molar-refractivity contribution >= 4 is 0 Å². The maximum atomic E-state index is 3.60. The van der Waals surface area contributed by atoms with Gasteiger partial charge in [0, 0.05) is 6.04 Å². The van der Waals surface area contributed by atoms with Gasteiger partial charge in [0.15, 0.2) is 0 Å².